The number of nitrogens with one attached hydrogen (secondary N) is 1. The van der Waals surface area contributed by atoms with Gasteiger partial charge in [0.2, 0.25) is 0 Å². The minimum atomic E-state index is -0.434. The van der Waals surface area contributed by atoms with E-state index in [-0.39, 0.29) is 23.2 Å². The third-order valence-corrected chi connectivity index (χ3v) is 3.22. The molecule has 2 aromatic carbocycles. The molecule has 2 aromatic rings. The smallest absolute Gasteiger partial charge is 0.253 e. The molecule has 0 heterocycles. The maximum Gasteiger partial charge on any atom is 0.253 e. The first-order chi connectivity index (χ1) is 9.49. The summed E-state index contributed by atoms with van der Waals surface area (Å²) in [5.74, 6) is -0.811. The van der Waals surface area contributed by atoms with E-state index in [1.165, 1.54) is 12.1 Å². The van der Waals surface area contributed by atoms with Crippen LogP contribution in [0.4, 0.5) is 10.1 Å². The minimum absolute atomic E-state index is 0.163. The average molecular weight is 272 g/mol. The predicted molar refractivity (Wildman–Crippen MR) is 77.9 cm³/mol. The number of aryl methyl sites for hydroxylation is 1. The van der Waals surface area contributed by atoms with Crippen LogP contribution in [0.15, 0.2) is 42.5 Å². The van der Waals surface area contributed by atoms with Crippen LogP contribution in [-0.2, 0) is 0 Å². The molecule has 1 atom stereocenters. The highest BCUT2D eigenvalue weighted by Crippen LogP contribution is 2.19. The van der Waals surface area contributed by atoms with Gasteiger partial charge in [0.05, 0.1) is 11.6 Å². The molecule has 104 valence electrons. The van der Waals surface area contributed by atoms with Crippen molar-refractivity contribution >= 4 is 11.6 Å². The Morgan fingerprint density at radius 3 is 2.55 bits per heavy atom. The van der Waals surface area contributed by atoms with Crippen LogP contribution in [0, 0.1) is 12.7 Å². The highest BCUT2D eigenvalue weighted by atomic mass is 19.1. The fraction of sp³-hybridized carbons (Fsp3) is 0.188. The van der Waals surface area contributed by atoms with E-state index in [1.54, 1.807) is 6.92 Å². The lowest BCUT2D eigenvalue weighted by Crippen LogP contribution is -2.27. The fourth-order valence-corrected chi connectivity index (χ4v) is 2.00. The highest BCUT2D eigenvalue weighted by molar-refractivity contribution is 5.99. The third-order valence-electron chi connectivity index (χ3n) is 3.22. The summed E-state index contributed by atoms with van der Waals surface area (Å²) in [6, 6.07) is 12.0. The van der Waals surface area contributed by atoms with Gasteiger partial charge < -0.3 is 11.1 Å². The molecule has 0 fully saturated rings. The van der Waals surface area contributed by atoms with Crippen molar-refractivity contribution in [2.45, 2.75) is 19.9 Å². The van der Waals surface area contributed by atoms with Crippen LogP contribution < -0.4 is 11.1 Å². The molecule has 20 heavy (non-hydrogen) atoms. The van der Waals surface area contributed by atoms with Crippen molar-refractivity contribution in [1.29, 1.82) is 0 Å². The molecule has 3 N–H and O–H groups in total. The standard InChI is InChI=1S/C16H17FN2O/c1-10-8-15(18)13(9-14(10)17)16(20)19-11(2)12-6-4-3-5-7-12/h3-9,11H,18H2,1-2H3,(H,19,20)/t11-/m1/s1. The number of anilines is 1. The summed E-state index contributed by atoms with van der Waals surface area (Å²) in [5, 5.41) is 2.81. The largest absolute Gasteiger partial charge is 0.398 e. The molecule has 3 nitrogen and oxygen atoms in total. The van der Waals surface area contributed by atoms with Crippen LogP contribution in [-0.4, -0.2) is 5.91 Å². The van der Waals surface area contributed by atoms with Gasteiger partial charge in [0.25, 0.3) is 5.91 Å². The topological polar surface area (TPSA) is 55.1 Å². The van der Waals surface area contributed by atoms with E-state index in [4.69, 9.17) is 5.73 Å². The Kier molecular flexibility index (Phi) is 4.03. The van der Waals surface area contributed by atoms with Crippen LogP contribution in [0.25, 0.3) is 0 Å². The first-order valence-electron chi connectivity index (χ1n) is 6.40. The van der Waals surface area contributed by atoms with E-state index in [2.05, 4.69) is 5.32 Å². The molecule has 2 rings (SSSR count). The van der Waals surface area contributed by atoms with Crippen LogP contribution in [0.2, 0.25) is 0 Å². The number of rotatable bonds is 3. The molecule has 0 radical (unpaired) electrons. The van der Waals surface area contributed by atoms with Gasteiger partial charge in [-0.2, -0.15) is 0 Å². The second-order valence-corrected chi connectivity index (χ2v) is 4.79. The first kappa shape index (κ1) is 14.1. The molecule has 0 saturated heterocycles. The van der Waals surface area contributed by atoms with Crippen LogP contribution in [0.5, 0.6) is 0 Å². The molecule has 4 heteroatoms. The zero-order valence-corrected chi connectivity index (χ0v) is 11.5. The fourth-order valence-electron chi connectivity index (χ4n) is 2.00. The molecule has 0 aliphatic carbocycles. The van der Waals surface area contributed by atoms with Crippen molar-refractivity contribution in [3.63, 3.8) is 0 Å². The van der Waals surface area contributed by atoms with Gasteiger partial charge in [0.15, 0.2) is 0 Å². The molecule has 0 aliphatic rings. The van der Waals surface area contributed by atoms with Crippen molar-refractivity contribution in [2.75, 3.05) is 5.73 Å². The maximum absolute atomic E-state index is 13.5. The molecular weight excluding hydrogens is 255 g/mol. The number of hydrogen-bond donors (Lipinski definition) is 2. The quantitative estimate of drug-likeness (QED) is 0.843. The lowest BCUT2D eigenvalue weighted by molar-refractivity contribution is 0.0940. The van der Waals surface area contributed by atoms with E-state index in [9.17, 15) is 9.18 Å². The molecule has 0 unspecified atom stereocenters. The number of halogens is 1. The van der Waals surface area contributed by atoms with Gasteiger partial charge in [-0.15, -0.1) is 0 Å². The number of carbonyl (C=O) groups excluding carboxylic acids is 1. The second kappa shape index (κ2) is 5.74. The predicted octanol–water partition coefficient (Wildman–Crippen LogP) is 3.21. The number of carbonyl (C=O) groups is 1. The van der Waals surface area contributed by atoms with Crippen molar-refractivity contribution in [3.8, 4) is 0 Å². The average Bonchev–Trinajstić information content (AvgIpc) is 2.43. The van der Waals surface area contributed by atoms with Crippen LogP contribution in [0.1, 0.15) is 34.5 Å². The van der Waals surface area contributed by atoms with Gasteiger partial charge in [0, 0.05) is 5.69 Å². The van der Waals surface area contributed by atoms with Crippen LogP contribution >= 0.6 is 0 Å². The van der Waals surface area contributed by atoms with Crippen molar-refractivity contribution < 1.29 is 9.18 Å². The highest BCUT2D eigenvalue weighted by Gasteiger charge is 2.15. The summed E-state index contributed by atoms with van der Waals surface area (Å²) in [5.41, 5.74) is 7.63. The normalized spacial score (nSPS) is 11.9. The van der Waals surface area contributed by atoms with E-state index >= 15 is 0 Å². The van der Waals surface area contributed by atoms with Gasteiger partial charge in [-0.3, -0.25) is 4.79 Å². The summed E-state index contributed by atoms with van der Waals surface area (Å²) in [4.78, 5) is 12.2. The summed E-state index contributed by atoms with van der Waals surface area (Å²) in [6.07, 6.45) is 0. The van der Waals surface area contributed by atoms with Gasteiger partial charge in [-0.25, -0.2) is 4.39 Å². The lowest BCUT2D eigenvalue weighted by atomic mass is 10.1. The maximum atomic E-state index is 13.5. The van der Waals surface area contributed by atoms with Crippen LogP contribution in [0.3, 0.4) is 0 Å². The zero-order valence-electron chi connectivity index (χ0n) is 11.5. The Morgan fingerprint density at radius 2 is 1.90 bits per heavy atom. The van der Waals surface area contributed by atoms with E-state index < -0.39 is 5.82 Å². The number of hydrogen-bond acceptors (Lipinski definition) is 2. The van der Waals surface area contributed by atoms with E-state index in [1.807, 2.05) is 37.3 Å². The summed E-state index contributed by atoms with van der Waals surface area (Å²) < 4.78 is 13.5. The summed E-state index contributed by atoms with van der Waals surface area (Å²) in [7, 11) is 0. The monoisotopic (exact) mass is 272 g/mol. The molecular formula is C16H17FN2O. The number of amides is 1. The Hall–Kier alpha value is -2.36. The lowest BCUT2D eigenvalue weighted by Gasteiger charge is -2.15. The Balaban J connectivity index is 2.19. The molecule has 0 aromatic heterocycles. The summed E-state index contributed by atoms with van der Waals surface area (Å²) >= 11 is 0. The Labute approximate surface area is 117 Å². The van der Waals surface area contributed by atoms with Crippen molar-refractivity contribution in [1.82, 2.24) is 5.32 Å². The number of nitrogen functional groups attached to an aromatic ring is 1. The molecule has 0 spiro atoms. The Bertz CT molecular complexity index is 626. The minimum Gasteiger partial charge on any atom is -0.398 e. The van der Waals surface area contributed by atoms with Crippen molar-refractivity contribution in [3.05, 3.63) is 65.0 Å². The molecule has 0 bridgehead atoms. The molecule has 0 aliphatic heterocycles. The third kappa shape index (κ3) is 2.96. The second-order valence-electron chi connectivity index (χ2n) is 4.79. The molecule has 0 saturated carbocycles. The zero-order chi connectivity index (χ0) is 14.7. The van der Waals surface area contributed by atoms with Crippen molar-refractivity contribution in [2.24, 2.45) is 0 Å². The van der Waals surface area contributed by atoms with Gasteiger partial charge in [-0.1, -0.05) is 30.3 Å². The first-order valence-corrected chi connectivity index (χ1v) is 6.40. The summed E-state index contributed by atoms with van der Waals surface area (Å²) in [6.45, 7) is 3.48. The number of benzene rings is 2. The van der Waals surface area contributed by atoms with E-state index in [0.29, 0.717) is 5.56 Å². The van der Waals surface area contributed by atoms with Gasteiger partial charge in [-0.05, 0) is 37.1 Å². The van der Waals surface area contributed by atoms with Gasteiger partial charge >= 0.3 is 0 Å². The Morgan fingerprint density at radius 1 is 1.25 bits per heavy atom. The van der Waals surface area contributed by atoms with E-state index in [0.717, 1.165) is 5.56 Å². The number of nitrogens with two attached hydrogens (primary N) is 1. The SMILES string of the molecule is Cc1cc(N)c(C(=O)N[C@H](C)c2ccccc2)cc1F. The molecule has 1 amide bonds. The van der Waals surface area contributed by atoms with Gasteiger partial charge in [0.1, 0.15) is 5.82 Å².